The van der Waals surface area contributed by atoms with E-state index >= 15 is 0 Å². The molecule has 0 aromatic carbocycles. The highest BCUT2D eigenvalue weighted by molar-refractivity contribution is 6.69. The summed E-state index contributed by atoms with van der Waals surface area (Å²) in [4.78, 5) is 10.8. The van der Waals surface area contributed by atoms with Gasteiger partial charge in [0.2, 0.25) is 0 Å². The van der Waals surface area contributed by atoms with Crippen LogP contribution in [0, 0.1) is 11.3 Å². The zero-order valence-corrected chi connectivity index (χ0v) is 22.2. The first-order valence-corrected chi connectivity index (χ1v) is 14.6. The Kier molecular flexibility index (Phi) is 13.3. The van der Waals surface area contributed by atoms with Crippen LogP contribution in [0.4, 0.5) is 0 Å². The number of carbonyl (C=O) groups is 1. The topological polar surface area (TPSA) is 59.3 Å². The average Bonchev–Trinajstić information content (AvgIpc) is 2.59. The summed E-state index contributed by atoms with van der Waals surface area (Å²) in [7, 11) is -1.87. The predicted octanol–water partition coefficient (Wildman–Crippen LogP) is 7.42. The highest BCUT2D eigenvalue weighted by atomic mass is 28.4. The fraction of sp³-hybridized carbons (Fsp3) is 0.615. The molecule has 0 fully saturated rings. The number of rotatable bonds is 13. The van der Waals surface area contributed by atoms with E-state index in [1.54, 1.807) is 0 Å². The lowest BCUT2D eigenvalue weighted by Gasteiger charge is -2.32. The van der Waals surface area contributed by atoms with Crippen LogP contribution < -0.4 is 0 Å². The number of allylic oxidation sites excluding steroid dienone is 5. The van der Waals surface area contributed by atoms with Gasteiger partial charge < -0.3 is 9.16 Å². The van der Waals surface area contributed by atoms with Gasteiger partial charge in [-0.2, -0.15) is 5.26 Å². The van der Waals surface area contributed by atoms with Crippen LogP contribution in [-0.2, 0) is 14.0 Å². The van der Waals surface area contributed by atoms with Crippen LogP contribution in [0.2, 0.25) is 19.6 Å². The lowest BCUT2D eigenvalue weighted by Crippen LogP contribution is -2.41. The van der Waals surface area contributed by atoms with Crippen LogP contribution in [0.3, 0.4) is 0 Å². The molecule has 1 unspecified atom stereocenters. The molecule has 0 aliphatic heterocycles. The molecule has 4 nitrogen and oxygen atoms in total. The van der Waals surface area contributed by atoms with Crippen molar-refractivity contribution in [2.24, 2.45) is 0 Å². The summed E-state index contributed by atoms with van der Waals surface area (Å²) in [6, 6.07) is 2.44. The van der Waals surface area contributed by atoms with Crippen molar-refractivity contribution >= 4 is 14.3 Å². The second-order valence-electron chi connectivity index (χ2n) is 9.65. The third-order valence-electron chi connectivity index (χ3n) is 4.52. The zero-order chi connectivity index (χ0) is 24.1. The van der Waals surface area contributed by atoms with Gasteiger partial charge in [0.25, 0.3) is 0 Å². The smallest absolute Gasteiger partial charge is 0.302 e. The molecule has 174 valence electrons. The quantitative estimate of drug-likeness (QED) is 0.168. The summed E-state index contributed by atoms with van der Waals surface area (Å²) in [6.45, 7) is 18.5. The minimum Gasteiger partial charge on any atom is -0.462 e. The molecule has 0 aromatic heterocycles. The van der Waals surface area contributed by atoms with E-state index < -0.39 is 13.9 Å². The van der Waals surface area contributed by atoms with Crippen LogP contribution in [0.15, 0.2) is 46.6 Å². The third kappa shape index (κ3) is 15.5. The Hall–Kier alpha value is -1.90. The van der Waals surface area contributed by atoms with Gasteiger partial charge in [0, 0.05) is 13.3 Å². The molecule has 0 spiro atoms. The van der Waals surface area contributed by atoms with E-state index in [1.165, 1.54) is 23.6 Å². The molecule has 0 saturated heterocycles. The summed E-state index contributed by atoms with van der Waals surface area (Å²) < 4.78 is 11.3. The second kappa shape index (κ2) is 14.2. The van der Waals surface area contributed by atoms with E-state index in [0.29, 0.717) is 13.0 Å². The van der Waals surface area contributed by atoms with Crippen LogP contribution in [-0.4, -0.2) is 26.5 Å². The van der Waals surface area contributed by atoms with Gasteiger partial charge in [0.1, 0.15) is 12.7 Å². The monoisotopic (exact) mass is 445 g/mol. The van der Waals surface area contributed by atoms with Crippen molar-refractivity contribution in [1.29, 1.82) is 5.26 Å². The van der Waals surface area contributed by atoms with Gasteiger partial charge in [-0.1, -0.05) is 34.4 Å². The fourth-order valence-electron chi connectivity index (χ4n) is 3.31. The number of carbonyl (C=O) groups excluding carboxylic acids is 1. The van der Waals surface area contributed by atoms with E-state index in [4.69, 9.17) is 9.16 Å². The fourth-order valence-corrected chi connectivity index (χ4v) is 4.58. The van der Waals surface area contributed by atoms with E-state index in [1.807, 2.05) is 26.0 Å². The van der Waals surface area contributed by atoms with E-state index in [2.05, 4.69) is 58.6 Å². The molecular weight excluding hydrogens is 402 g/mol. The van der Waals surface area contributed by atoms with Crippen molar-refractivity contribution < 1.29 is 14.0 Å². The van der Waals surface area contributed by atoms with Crippen molar-refractivity contribution in [2.75, 3.05) is 6.61 Å². The maximum absolute atomic E-state index is 10.8. The van der Waals surface area contributed by atoms with Crippen LogP contribution in [0.5, 0.6) is 0 Å². The Labute approximate surface area is 191 Å². The minimum atomic E-state index is -1.87. The van der Waals surface area contributed by atoms with Gasteiger partial charge >= 0.3 is 5.97 Å². The predicted molar refractivity (Wildman–Crippen MR) is 133 cm³/mol. The molecule has 0 aromatic rings. The molecule has 0 rings (SSSR count). The molecule has 31 heavy (non-hydrogen) atoms. The molecule has 1 atom stereocenters. The van der Waals surface area contributed by atoms with Crippen molar-refractivity contribution in [2.45, 2.75) is 98.9 Å². The largest absolute Gasteiger partial charge is 0.462 e. The average molecular weight is 446 g/mol. The van der Waals surface area contributed by atoms with E-state index in [-0.39, 0.29) is 5.97 Å². The first kappa shape index (κ1) is 29.1. The maximum Gasteiger partial charge on any atom is 0.302 e. The highest BCUT2D eigenvalue weighted by Gasteiger charge is 2.34. The second-order valence-corrected chi connectivity index (χ2v) is 14.1. The number of esters is 1. The lowest BCUT2D eigenvalue weighted by atomic mass is 9.93. The van der Waals surface area contributed by atoms with Gasteiger partial charge in [-0.25, -0.2) is 0 Å². The number of nitriles is 1. The highest BCUT2D eigenvalue weighted by Crippen LogP contribution is 2.28. The van der Waals surface area contributed by atoms with Crippen molar-refractivity contribution in [3.63, 3.8) is 0 Å². The van der Waals surface area contributed by atoms with E-state index in [9.17, 15) is 10.1 Å². The van der Waals surface area contributed by atoms with Crippen molar-refractivity contribution in [1.82, 2.24) is 0 Å². The summed E-state index contributed by atoms with van der Waals surface area (Å²) in [5.74, 6) is -0.247. The van der Waals surface area contributed by atoms with E-state index in [0.717, 1.165) is 31.3 Å². The van der Waals surface area contributed by atoms with Crippen LogP contribution in [0.25, 0.3) is 0 Å². The number of hydrogen-bond donors (Lipinski definition) is 0. The van der Waals surface area contributed by atoms with Crippen molar-refractivity contribution in [3.8, 4) is 6.07 Å². The Morgan fingerprint density at radius 1 is 0.903 bits per heavy atom. The summed E-state index contributed by atoms with van der Waals surface area (Å²) in [6.07, 6.45) is 13.0. The van der Waals surface area contributed by atoms with Gasteiger partial charge in [0.15, 0.2) is 13.9 Å². The SMILES string of the molecule is CC(=O)OC/C=C(/C)CC/C=C(\C)CC/C=C(\C)CC(C#N)(C=C(C)C)O[Si](C)(C)C. The molecule has 0 amide bonds. The first-order valence-electron chi connectivity index (χ1n) is 11.2. The summed E-state index contributed by atoms with van der Waals surface area (Å²) in [5, 5.41) is 9.91. The Morgan fingerprint density at radius 3 is 1.87 bits per heavy atom. The Bertz CT molecular complexity index is 744. The Balaban J connectivity index is 4.79. The maximum atomic E-state index is 10.8. The zero-order valence-electron chi connectivity index (χ0n) is 21.2. The molecular formula is C26H43NO3Si. The lowest BCUT2D eigenvalue weighted by molar-refractivity contribution is -0.139. The molecule has 0 aliphatic carbocycles. The normalized spacial score (nSPS) is 15.2. The number of ether oxygens (including phenoxy) is 1. The minimum absolute atomic E-state index is 0.247. The molecule has 5 heteroatoms. The van der Waals surface area contributed by atoms with Crippen LogP contribution >= 0.6 is 0 Å². The van der Waals surface area contributed by atoms with Gasteiger partial charge in [0.05, 0.1) is 0 Å². The van der Waals surface area contributed by atoms with Crippen molar-refractivity contribution in [3.05, 3.63) is 46.6 Å². The third-order valence-corrected chi connectivity index (χ3v) is 5.50. The number of hydrogen-bond acceptors (Lipinski definition) is 4. The number of nitrogens with zero attached hydrogens (tertiary/aromatic N) is 1. The summed E-state index contributed by atoms with van der Waals surface area (Å²) >= 11 is 0. The molecule has 0 N–H and O–H groups in total. The Morgan fingerprint density at radius 2 is 1.42 bits per heavy atom. The first-order chi connectivity index (χ1) is 14.3. The molecule has 0 radical (unpaired) electrons. The van der Waals surface area contributed by atoms with Gasteiger partial charge in [-0.15, -0.1) is 0 Å². The molecule has 0 aliphatic rings. The molecule has 0 saturated carbocycles. The van der Waals surface area contributed by atoms with Gasteiger partial charge in [-0.3, -0.25) is 4.79 Å². The summed E-state index contributed by atoms with van der Waals surface area (Å²) in [5.41, 5.74) is 4.02. The standard InChI is InChI=1S/C26H43NO3Si/c1-21(2)18-26(20-27,30-31(7,8)9)19-24(5)15-11-13-22(3)12-10-14-23(4)16-17-29-25(6)28/h12,15-16,18H,10-11,13-14,17,19H2,1-9H3/b22-12+,23-16-,24-15+. The van der Waals surface area contributed by atoms with Crippen LogP contribution in [0.1, 0.15) is 73.6 Å². The molecule has 0 heterocycles. The molecule has 0 bridgehead atoms. The van der Waals surface area contributed by atoms with Gasteiger partial charge in [-0.05, 0) is 92.1 Å².